The number of carbonyl (C=O) groups is 2. The van der Waals surface area contributed by atoms with E-state index in [0.717, 1.165) is 24.1 Å². The van der Waals surface area contributed by atoms with E-state index < -0.39 is 6.04 Å². The number of ketones is 1. The van der Waals surface area contributed by atoms with Gasteiger partial charge in [0, 0.05) is 42.9 Å². The van der Waals surface area contributed by atoms with Crippen LogP contribution in [0.3, 0.4) is 0 Å². The molecule has 33 heavy (non-hydrogen) atoms. The number of hydrogen-bond acceptors (Lipinski definition) is 6. The van der Waals surface area contributed by atoms with Crippen LogP contribution in [0.15, 0.2) is 42.1 Å². The quantitative estimate of drug-likeness (QED) is 0.601. The first kappa shape index (κ1) is 25.6. The van der Waals surface area contributed by atoms with E-state index in [1.807, 2.05) is 17.0 Å². The van der Waals surface area contributed by atoms with Gasteiger partial charge >= 0.3 is 0 Å². The fraction of sp³-hybridized carbons (Fsp3) is 0.458. The highest BCUT2D eigenvalue weighted by Gasteiger charge is 2.41. The smallest absolute Gasteiger partial charge is 0.186 e. The first-order valence-electron chi connectivity index (χ1n) is 11.0. The number of benzene rings is 1. The summed E-state index contributed by atoms with van der Waals surface area (Å²) >= 11 is 1.29. The molecule has 1 saturated heterocycles. The predicted octanol–water partition coefficient (Wildman–Crippen LogP) is 3.89. The molecule has 6 nitrogen and oxygen atoms in total. The average Bonchev–Trinajstić information content (AvgIpc) is 3.52. The van der Waals surface area contributed by atoms with Gasteiger partial charge in [-0.3, -0.25) is 19.2 Å². The van der Waals surface area contributed by atoms with Gasteiger partial charge in [-0.15, -0.1) is 12.4 Å². The van der Waals surface area contributed by atoms with E-state index in [9.17, 15) is 14.0 Å². The number of thioether (sulfide) groups is 1. The van der Waals surface area contributed by atoms with Crippen molar-refractivity contribution in [1.82, 2.24) is 14.7 Å². The van der Waals surface area contributed by atoms with Gasteiger partial charge in [-0.1, -0.05) is 30.0 Å². The van der Waals surface area contributed by atoms with Gasteiger partial charge in [0.25, 0.3) is 0 Å². The summed E-state index contributed by atoms with van der Waals surface area (Å²) in [5, 5.41) is 13.6. The summed E-state index contributed by atoms with van der Waals surface area (Å²) in [5.74, 6) is -0.273. The van der Waals surface area contributed by atoms with Gasteiger partial charge in [0.1, 0.15) is 5.82 Å². The maximum atomic E-state index is 14.7. The summed E-state index contributed by atoms with van der Waals surface area (Å²) in [6.45, 7) is 3.05. The second-order valence-corrected chi connectivity index (χ2v) is 9.78. The van der Waals surface area contributed by atoms with Crippen molar-refractivity contribution >= 4 is 41.1 Å². The van der Waals surface area contributed by atoms with Crippen LogP contribution in [0, 0.1) is 11.7 Å². The molecule has 9 heteroatoms. The molecule has 1 aromatic carbocycles. The summed E-state index contributed by atoms with van der Waals surface area (Å²) in [6.07, 6.45) is 6.18. The molecule has 2 unspecified atom stereocenters. The average molecular weight is 494 g/mol. The third kappa shape index (κ3) is 6.32. The number of halogens is 2. The zero-order chi connectivity index (χ0) is 22.7. The molecular formula is C24H29ClFN3O3S. The molecule has 0 spiro atoms. The van der Waals surface area contributed by atoms with E-state index in [0.29, 0.717) is 31.6 Å². The van der Waals surface area contributed by atoms with Crippen molar-refractivity contribution in [2.24, 2.45) is 5.92 Å². The van der Waals surface area contributed by atoms with Crippen molar-refractivity contribution in [3.8, 4) is 0 Å². The molecular weight excluding hydrogens is 465 g/mol. The van der Waals surface area contributed by atoms with Crippen molar-refractivity contribution in [3.63, 3.8) is 0 Å². The van der Waals surface area contributed by atoms with Gasteiger partial charge in [-0.2, -0.15) is 5.10 Å². The van der Waals surface area contributed by atoms with Crippen LogP contribution in [0.4, 0.5) is 4.39 Å². The fourth-order valence-electron chi connectivity index (χ4n) is 4.27. The largest absolute Gasteiger partial charge is 0.394 e. The van der Waals surface area contributed by atoms with Gasteiger partial charge in [0.2, 0.25) is 0 Å². The minimum atomic E-state index is -0.623. The molecule has 2 aromatic rings. The first-order valence-corrected chi connectivity index (χ1v) is 11.9. The predicted molar refractivity (Wildman–Crippen MR) is 130 cm³/mol. The molecule has 1 aromatic heterocycles. The van der Waals surface area contributed by atoms with E-state index in [-0.39, 0.29) is 46.9 Å². The highest BCUT2D eigenvalue weighted by Crippen LogP contribution is 2.40. The summed E-state index contributed by atoms with van der Waals surface area (Å²) in [5.41, 5.74) is 2.16. The fourth-order valence-corrected chi connectivity index (χ4v) is 5.18. The van der Waals surface area contributed by atoms with Crippen molar-refractivity contribution in [2.45, 2.75) is 44.0 Å². The van der Waals surface area contributed by atoms with Crippen LogP contribution >= 0.6 is 24.2 Å². The lowest BCUT2D eigenvalue weighted by Crippen LogP contribution is -2.43. The van der Waals surface area contributed by atoms with Gasteiger partial charge in [0.05, 0.1) is 24.9 Å². The molecule has 1 aliphatic carbocycles. The molecule has 2 aliphatic rings. The molecule has 0 bridgehead atoms. The van der Waals surface area contributed by atoms with Crippen molar-refractivity contribution in [3.05, 3.63) is 59.2 Å². The third-order valence-corrected chi connectivity index (χ3v) is 7.08. The van der Waals surface area contributed by atoms with E-state index in [1.54, 1.807) is 36.0 Å². The lowest BCUT2D eigenvalue weighted by atomic mass is 9.93. The molecule has 178 valence electrons. The zero-order valence-electron chi connectivity index (χ0n) is 18.5. The Morgan fingerprint density at radius 2 is 2.03 bits per heavy atom. The topological polar surface area (TPSA) is 75.4 Å². The highest BCUT2D eigenvalue weighted by atomic mass is 35.5. The van der Waals surface area contributed by atoms with Gasteiger partial charge in [0.15, 0.2) is 10.9 Å². The lowest BCUT2D eigenvalue weighted by molar-refractivity contribution is -0.126. The Hall–Kier alpha value is -2.00. The summed E-state index contributed by atoms with van der Waals surface area (Å²) in [6, 6.07) is 7.76. The summed E-state index contributed by atoms with van der Waals surface area (Å²) < 4.78 is 16.4. The SMILES string of the molecule is CC(=O)SC1CCN(C(C(=O)C2CC2)c2ccccc2F)C/C1=C/c1ccn(CCO)n1.Cl. The number of aliphatic hydroxyl groups excluding tert-OH is 1. The molecule has 1 N–H and O–H groups in total. The van der Waals surface area contributed by atoms with E-state index in [1.165, 1.54) is 17.8 Å². The number of nitrogens with zero attached hydrogens (tertiary/aromatic N) is 3. The molecule has 0 radical (unpaired) electrons. The van der Waals surface area contributed by atoms with Crippen LogP contribution in [-0.4, -0.2) is 55.6 Å². The number of carbonyl (C=O) groups excluding carboxylic acids is 2. The van der Waals surface area contributed by atoms with Crippen LogP contribution in [0.1, 0.15) is 43.5 Å². The number of aliphatic hydroxyl groups is 1. The van der Waals surface area contributed by atoms with Crippen molar-refractivity contribution in [2.75, 3.05) is 19.7 Å². The normalized spacial score (nSPS) is 20.9. The third-order valence-electron chi connectivity index (χ3n) is 5.92. The molecule has 2 atom stereocenters. The Morgan fingerprint density at radius 1 is 1.27 bits per heavy atom. The number of piperidine rings is 1. The van der Waals surface area contributed by atoms with Crippen LogP contribution < -0.4 is 0 Å². The maximum Gasteiger partial charge on any atom is 0.186 e. The number of rotatable bonds is 8. The van der Waals surface area contributed by atoms with Crippen LogP contribution in [-0.2, 0) is 16.1 Å². The first-order chi connectivity index (χ1) is 15.5. The molecule has 4 rings (SSSR count). The molecule has 2 heterocycles. The molecule has 1 aliphatic heterocycles. The van der Waals surface area contributed by atoms with E-state index >= 15 is 0 Å². The molecule has 0 amide bonds. The number of likely N-dealkylation sites (tertiary alicyclic amines) is 1. The maximum absolute atomic E-state index is 14.7. The summed E-state index contributed by atoms with van der Waals surface area (Å²) in [4.78, 5) is 27.1. The van der Waals surface area contributed by atoms with Gasteiger partial charge in [-0.25, -0.2) is 4.39 Å². The minimum absolute atomic E-state index is 0. The monoisotopic (exact) mass is 493 g/mol. The minimum Gasteiger partial charge on any atom is -0.394 e. The standard InChI is InChI=1S/C24H28FN3O3S.ClH/c1-16(30)32-22-9-10-27(15-18(22)14-19-8-11-28(26-19)12-13-29)23(24(31)17-6-7-17)20-4-2-3-5-21(20)25;/h2-5,8,11,14,17,22-23,29H,6-7,9-10,12-13,15H2,1H3;1H/b18-14-;. The lowest BCUT2D eigenvalue weighted by Gasteiger charge is -2.38. The Morgan fingerprint density at radius 3 is 2.70 bits per heavy atom. The van der Waals surface area contributed by atoms with E-state index in [2.05, 4.69) is 5.10 Å². The van der Waals surface area contributed by atoms with Crippen LogP contribution in [0.2, 0.25) is 0 Å². The molecule has 1 saturated carbocycles. The van der Waals surface area contributed by atoms with Crippen molar-refractivity contribution < 1.29 is 19.1 Å². The summed E-state index contributed by atoms with van der Waals surface area (Å²) in [7, 11) is 0. The Balaban J connectivity index is 0.00000306. The van der Waals surface area contributed by atoms with Crippen molar-refractivity contribution in [1.29, 1.82) is 0 Å². The Labute approximate surface area is 203 Å². The second-order valence-electron chi connectivity index (χ2n) is 8.40. The van der Waals surface area contributed by atoms with Gasteiger partial charge in [-0.05, 0) is 43.0 Å². The van der Waals surface area contributed by atoms with Crippen LogP contribution in [0.5, 0.6) is 0 Å². The highest BCUT2D eigenvalue weighted by molar-refractivity contribution is 8.14. The zero-order valence-corrected chi connectivity index (χ0v) is 20.2. The molecule has 2 fully saturated rings. The van der Waals surface area contributed by atoms with Crippen LogP contribution in [0.25, 0.3) is 6.08 Å². The van der Waals surface area contributed by atoms with Gasteiger partial charge < -0.3 is 5.11 Å². The Kier molecular flexibility index (Phi) is 8.87. The van der Waals surface area contributed by atoms with E-state index in [4.69, 9.17) is 5.11 Å². The second kappa shape index (κ2) is 11.4. The Bertz CT molecular complexity index is 1020. The number of aromatic nitrogens is 2. The number of Topliss-reactive ketones (excluding diaryl/α,β-unsaturated/α-hetero) is 1. The number of hydrogen-bond donors (Lipinski definition) is 1.